The quantitative estimate of drug-likeness (QED) is 0.806. The molecule has 0 saturated carbocycles. The van der Waals surface area contributed by atoms with Crippen LogP contribution in [0.4, 0.5) is 10.8 Å². The molecule has 5 nitrogen and oxygen atoms in total. The Morgan fingerprint density at radius 3 is 2.93 bits per heavy atom. The van der Waals surface area contributed by atoms with Gasteiger partial charge in [0.05, 0.1) is 0 Å². The van der Waals surface area contributed by atoms with Crippen molar-refractivity contribution in [3.8, 4) is 0 Å². The second kappa shape index (κ2) is 4.97. The molecule has 0 aliphatic heterocycles. The Balaban J connectivity index is 2.55. The molecular weight excluding hydrogens is 212 g/mol. The zero-order chi connectivity index (χ0) is 11.4. The molecular formula is C9H16N4OS. The zero-order valence-corrected chi connectivity index (χ0v) is 9.97. The van der Waals surface area contributed by atoms with Crippen molar-refractivity contribution >= 4 is 28.3 Å². The molecule has 0 spiro atoms. The number of likely N-dealkylation sites (N-methyl/N-ethyl adjacent to an activating group) is 1. The van der Waals surface area contributed by atoms with Gasteiger partial charge in [-0.05, 0) is 25.4 Å². The van der Waals surface area contributed by atoms with E-state index < -0.39 is 0 Å². The van der Waals surface area contributed by atoms with Gasteiger partial charge >= 0.3 is 0 Å². The summed E-state index contributed by atoms with van der Waals surface area (Å²) in [6, 6.07) is 1.47. The lowest BCUT2D eigenvalue weighted by Crippen LogP contribution is -2.38. The molecule has 6 heteroatoms. The number of aromatic nitrogens is 1. The number of carbonyl (C=O) groups excluding carboxylic acids is 1. The fourth-order valence-corrected chi connectivity index (χ4v) is 1.78. The molecule has 1 aromatic rings. The minimum atomic E-state index is -0.255. The van der Waals surface area contributed by atoms with Gasteiger partial charge in [0, 0.05) is 19.7 Å². The van der Waals surface area contributed by atoms with E-state index in [1.165, 1.54) is 11.5 Å². The standard InChI is InChI=1S/C9H16N4OS/c1-4-13(3)9(14)6(2)11-8-5-7(10)12-15-8/h5-6,11H,4H2,1-3H3,(H2,10,12). The minimum absolute atomic E-state index is 0.0597. The van der Waals surface area contributed by atoms with E-state index in [0.717, 1.165) is 5.00 Å². The molecule has 0 aliphatic rings. The van der Waals surface area contributed by atoms with E-state index in [4.69, 9.17) is 5.73 Å². The monoisotopic (exact) mass is 228 g/mol. The third kappa shape index (κ3) is 3.09. The van der Waals surface area contributed by atoms with Crippen molar-refractivity contribution in [2.75, 3.05) is 24.6 Å². The van der Waals surface area contributed by atoms with Crippen molar-refractivity contribution < 1.29 is 4.79 Å². The summed E-state index contributed by atoms with van der Waals surface area (Å²) in [5.74, 6) is 0.537. The average Bonchev–Trinajstić information content (AvgIpc) is 2.61. The zero-order valence-electron chi connectivity index (χ0n) is 9.15. The molecule has 1 unspecified atom stereocenters. The van der Waals surface area contributed by atoms with E-state index in [1.807, 2.05) is 13.8 Å². The Morgan fingerprint density at radius 2 is 2.47 bits per heavy atom. The summed E-state index contributed by atoms with van der Waals surface area (Å²) in [7, 11) is 1.78. The molecule has 0 aliphatic carbocycles. The lowest BCUT2D eigenvalue weighted by Gasteiger charge is -2.20. The van der Waals surface area contributed by atoms with Crippen molar-refractivity contribution in [1.82, 2.24) is 9.27 Å². The van der Waals surface area contributed by atoms with Crippen LogP contribution in [0.15, 0.2) is 6.07 Å². The van der Waals surface area contributed by atoms with Gasteiger partial charge in [-0.3, -0.25) is 4.79 Å². The molecule has 15 heavy (non-hydrogen) atoms. The van der Waals surface area contributed by atoms with Gasteiger partial charge in [0.1, 0.15) is 16.9 Å². The van der Waals surface area contributed by atoms with Crippen LogP contribution in [0.2, 0.25) is 0 Å². The first kappa shape index (κ1) is 11.8. The van der Waals surface area contributed by atoms with Crippen molar-refractivity contribution in [3.05, 3.63) is 6.07 Å². The largest absolute Gasteiger partial charge is 0.383 e. The number of nitrogens with zero attached hydrogens (tertiary/aromatic N) is 2. The molecule has 0 saturated heterocycles. The Kier molecular flexibility index (Phi) is 3.90. The summed E-state index contributed by atoms with van der Waals surface area (Å²) in [5.41, 5.74) is 5.48. The van der Waals surface area contributed by atoms with Crippen LogP contribution in [0, 0.1) is 0 Å². The summed E-state index contributed by atoms with van der Waals surface area (Å²) in [6.45, 7) is 4.47. The second-order valence-electron chi connectivity index (χ2n) is 3.33. The molecule has 1 rings (SSSR count). The number of nitrogens with one attached hydrogen (secondary N) is 1. The summed E-state index contributed by atoms with van der Waals surface area (Å²) in [4.78, 5) is 13.4. The predicted octanol–water partition coefficient (Wildman–Crippen LogP) is 1.00. The molecule has 0 fully saturated rings. The van der Waals surface area contributed by atoms with Gasteiger partial charge in [-0.25, -0.2) is 0 Å². The van der Waals surface area contributed by atoms with Crippen LogP contribution in [0.1, 0.15) is 13.8 Å². The maximum atomic E-state index is 11.7. The Bertz CT molecular complexity index is 339. The van der Waals surface area contributed by atoms with Crippen LogP contribution in [-0.2, 0) is 4.79 Å². The Morgan fingerprint density at radius 1 is 1.80 bits per heavy atom. The number of rotatable bonds is 4. The van der Waals surface area contributed by atoms with Crippen molar-refractivity contribution in [2.24, 2.45) is 0 Å². The van der Waals surface area contributed by atoms with Crippen molar-refractivity contribution in [1.29, 1.82) is 0 Å². The third-order valence-corrected chi connectivity index (χ3v) is 2.84. The topological polar surface area (TPSA) is 71.2 Å². The SMILES string of the molecule is CCN(C)C(=O)C(C)Nc1cc(N)ns1. The number of hydrogen-bond donors (Lipinski definition) is 2. The lowest BCUT2D eigenvalue weighted by molar-refractivity contribution is -0.130. The first-order chi connectivity index (χ1) is 7.04. The Labute approximate surface area is 93.4 Å². The molecule has 84 valence electrons. The van der Waals surface area contributed by atoms with Crippen LogP contribution in [0.3, 0.4) is 0 Å². The molecule has 0 bridgehead atoms. The number of hydrogen-bond acceptors (Lipinski definition) is 5. The number of anilines is 2. The molecule has 3 N–H and O–H groups in total. The summed E-state index contributed by atoms with van der Waals surface area (Å²) in [5, 5.41) is 3.88. The fourth-order valence-electron chi connectivity index (χ4n) is 1.12. The van der Waals surface area contributed by atoms with Crippen molar-refractivity contribution in [2.45, 2.75) is 19.9 Å². The number of carbonyl (C=O) groups is 1. The fraction of sp³-hybridized carbons (Fsp3) is 0.556. The van der Waals surface area contributed by atoms with Gasteiger partial charge in [0.2, 0.25) is 5.91 Å². The molecule has 0 aromatic carbocycles. The smallest absolute Gasteiger partial charge is 0.244 e. The lowest BCUT2D eigenvalue weighted by atomic mass is 10.3. The van der Waals surface area contributed by atoms with Gasteiger partial charge < -0.3 is 16.0 Å². The minimum Gasteiger partial charge on any atom is -0.383 e. The van der Waals surface area contributed by atoms with Crippen LogP contribution in [-0.4, -0.2) is 34.8 Å². The number of nitrogens with two attached hydrogens (primary N) is 1. The van der Waals surface area contributed by atoms with Crippen LogP contribution in [0.5, 0.6) is 0 Å². The molecule has 1 atom stereocenters. The van der Waals surface area contributed by atoms with Crippen LogP contribution in [0.25, 0.3) is 0 Å². The molecule has 1 aromatic heterocycles. The van der Waals surface area contributed by atoms with Gasteiger partial charge in [0.25, 0.3) is 0 Å². The molecule has 0 radical (unpaired) electrons. The van der Waals surface area contributed by atoms with Gasteiger partial charge in [0.15, 0.2) is 0 Å². The number of nitrogen functional groups attached to an aromatic ring is 1. The average molecular weight is 228 g/mol. The van der Waals surface area contributed by atoms with E-state index in [0.29, 0.717) is 12.4 Å². The van der Waals surface area contributed by atoms with Gasteiger partial charge in [-0.15, -0.1) is 0 Å². The highest BCUT2D eigenvalue weighted by Gasteiger charge is 2.16. The predicted molar refractivity (Wildman–Crippen MR) is 62.9 cm³/mol. The summed E-state index contributed by atoms with van der Waals surface area (Å²) in [6.07, 6.45) is 0. The van der Waals surface area contributed by atoms with E-state index in [2.05, 4.69) is 9.69 Å². The summed E-state index contributed by atoms with van der Waals surface area (Å²) >= 11 is 1.26. The highest BCUT2D eigenvalue weighted by Crippen LogP contribution is 2.18. The van der Waals surface area contributed by atoms with Crippen LogP contribution < -0.4 is 11.1 Å². The van der Waals surface area contributed by atoms with Crippen molar-refractivity contribution in [3.63, 3.8) is 0 Å². The van der Waals surface area contributed by atoms with Gasteiger partial charge in [-0.2, -0.15) is 4.37 Å². The normalized spacial score (nSPS) is 12.2. The summed E-state index contributed by atoms with van der Waals surface area (Å²) < 4.78 is 3.93. The third-order valence-electron chi connectivity index (χ3n) is 2.11. The first-order valence-electron chi connectivity index (χ1n) is 4.78. The highest BCUT2D eigenvalue weighted by atomic mass is 32.1. The van der Waals surface area contributed by atoms with E-state index in [-0.39, 0.29) is 11.9 Å². The molecule has 1 amide bonds. The molecule has 1 heterocycles. The highest BCUT2D eigenvalue weighted by molar-refractivity contribution is 7.10. The number of amides is 1. The van der Waals surface area contributed by atoms with E-state index >= 15 is 0 Å². The van der Waals surface area contributed by atoms with E-state index in [1.54, 1.807) is 18.0 Å². The van der Waals surface area contributed by atoms with Gasteiger partial charge in [-0.1, -0.05) is 0 Å². The first-order valence-corrected chi connectivity index (χ1v) is 5.55. The van der Waals surface area contributed by atoms with E-state index in [9.17, 15) is 4.79 Å². The van der Waals surface area contributed by atoms with Crippen LogP contribution >= 0.6 is 11.5 Å². The second-order valence-corrected chi connectivity index (χ2v) is 4.14. The Hall–Kier alpha value is -1.30. The maximum Gasteiger partial charge on any atom is 0.244 e. The maximum absolute atomic E-state index is 11.7.